The van der Waals surface area contributed by atoms with Crippen LogP contribution in [-0.2, 0) is 4.74 Å². The molecular weight excluding hydrogens is 423 g/mol. The van der Waals surface area contributed by atoms with Crippen molar-refractivity contribution in [3.8, 4) is 0 Å². The van der Waals surface area contributed by atoms with Gasteiger partial charge in [0.15, 0.2) is 11.6 Å². The first kappa shape index (κ1) is 22.6. The van der Waals surface area contributed by atoms with Crippen LogP contribution in [0.1, 0.15) is 43.0 Å². The first-order chi connectivity index (χ1) is 15.3. The van der Waals surface area contributed by atoms with Crippen LogP contribution in [-0.4, -0.2) is 47.6 Å². The maximum atomic E-state index is 14.7. The number of carbonyl (C=O) groups excluding carboxylic acids is 1. The minimum Gasteiger partial charge on any atom is -0.363 e. The molecule has 0 spiro atoms. The van der Waals surface area contributed by atoms with E-state index in [9.17, 15) is 23.1 Å². The van der Waals surface area contributed by atoms with Crippen molar-refractivity contribution in [2.24, 2.45) is 0 Å². The van der Waals surface area contributed by atoms with Gasteiger partial charge in [0.05, 0.1) is 30.0 Å². The van der Waals surface area contributed by atoms with Gasteiger partial charge in [-0.3, -0.25) is 10.1 Å². The standard InChI is InChI=1S/C23H26F3N3O3/c1-14-5-4-6-18(17(25)11-14)28-21-15(8-9-16(24)20(21)26)22(30)29-12-23(31,13-29)32-19-7-2-3-10-27-19/h4-5,8-9,11,19,27-28,31H,2-3,6-7,10,12-13H2,1H3/t19-/m1/s1. The Balaban J connectivity index is 1.52. The highest BCUT2D eigenvalue weighted by molar-refractivity contribution is 6.00. The van der Waals surface area contributed by atoms with Gasteiger partial charge >= 0.3 is 0 Å². The number of benzene rings is 1. The van der Waals surface area contributed by atoms with Gasteiger partial charge in [-0.2, -0.15) is 0 Å². The van der Waals surface area contributed by atoms with E-state index in [4.69, 9.17) is 4.74 Å². The van der Waals surface area contributed by atoms with Gasteiger partial charge in [0, 0.05) is 6.42 Å². The van der Waals surface area contributed by atoms with Gasteiger partial charge in [-0.1, -0.05) is 12.2 Å². The van der Waals surface area contributed by atoms with Crippen molar-refractivity contribution in [3.63, 3.8) is 0 Å². The van der Waals surface area contributed by atoms with Crippen LogP contribution in [0.3, 0.4) is 0 Å². The molecule has 0 aromatic heterocycles. The molecule has 4 rings (SSSR count). The van der Waals surface area contributed by atoms with Crippen LogP contribution in [0.2, 0.25) is 0 Å². The highest BCUT2D eigenvalue weighted by Gasteiger charge is 2.47. The Morgan fingerprint density at radius 3 is 2.78 bits per heavy atom. The third-order valence-corrected chi connectivity index (χ3v) is 5.74. The molecule has 6 nitrogen and oxygen atoms in total. The number of β-amino-alcohol motifs (C(OH)–C–C–N with tert-alkyl or cyclic N) is 1. The van der Waals surface area contributed by atoms with Gasteiger partial charge in [-0.05, 0) is 56.5 Å². The molecule has 3 aliphatic rings. The first-order valence-corrected chi connectivity index (χ1v) is 10.7. The maximum Gasteiger partial charge on any atom is 0.256 e. The number of piperidine rings is 1. The number of halogens is 3. The van der Waals surface area contributed by atoms with E-state index in [1.165, 1.54) is 11.0 Å². The fourth-order valence-electron chi connectivity index (χ4n) is 4.03. The first-order valence-electron chi connectivity index (χ1n) is 10.7. The number of hydrogen-bond acceptors (Lipinski definition) is 5. The molecule has 9 heteroatoms. The Labute approximate surface area is 184 Å². The minimum absolute atomic E-state index is 0.0171. The average Bonchev–Trinajstić information content (AvgIpc) is 2.89. The largest absolute Gasteiger partial charge is 0.363 e. The van der Waals surface area contributed by atoms with E-state index in [1.807, 2.05) is 0 Å². The van der Waals surface area contributed by atoms with Crippen molar-refractivity contribution >= 4 is 11.6 Å². The summed E-state index contributed by atoms with van der Waals surface area (Å²) in [4.78, 5) is 14.3. The van der Waals surface area contributed by atoms with E-state index in [0.29, 0.717) is 5.57 Å². The van der Waals surface area contributed by atoms with Crippen molar-refractivity contribution in [1.82, 2.24) is 10.2 Å². The summed E-state index contributed by atoms with van der Waals surface area (Å²) in [6.45, 7) is 2.30. The molecule has 1 aromatic carbocycles. The molecule has 2 fully saturated rings. The van der Waals surface area contributed by atoms with Crippen molar-refractivity contribution in [1.29, 1.82) is 0 Å². The molecule has 2 aliphatic heterocycles. The van der Waals surface area contributed by atoms with Crippen molar-refractivity contribution in [2.75, 3.05) is 25.0 Å². The zero-order valence-corrected chi connectivity index (χ0v) is 17.8. The number of anilines is 1. The molecule has 0 unspecified atom stereocenters. The predicted molar refractivity (Wildman–Crippen MR) is 113 cm³/mol. The van der Waals surface area contributed by atoms with E-state index >= 15 is 0 Å². The normalized spacial score (nSPS) is 22.8. The lowest BCUT2D eigenvalue weighted by Crippen LogP contribution is -2.66. The van der Waals surface area contributed by atoms with E-state index in [0.717, 1.165) is 37.9 Å². The van der Waals surface area contributed by atoms with Crippen LogP contribution >= 0.6 is 0 Å². The summed E-state index contributed by atoms with van der Waals surface area (Å²) in [6.07, 6.45) is 7.28. The van der Waals surface area contributed by atoms with E-state index in [1.54, 1.807) is 19.1 Å². The van der Waals surface area contributed by atoms with Gasteiger partial charge in [-0.15, -0.1) is 0 Å². The quantitative estimate of drug-likeness (QED) is 0.598. The molecule has 1 amide bonds. The van der Waals surface area contributed by atoms with Crippen LogP contribution in [0.15, 0.2) is 47.5 Å². The molecule has 2 heterocycles. The summed E-state index contributed by atoms with van der Waals surface area (Å²) in [5.41, 5.74) is 0.0916. The third-order valence-electron chi connectivity index (χ3n) is 5.74. The summed E-state index contributed by atoms with van der Waals surface area (Å²) in [7, 11) is 0. The summed E-state index contributed by atoms with van der Waals surface area (Å²) in [5.74, 6) is -5.18. The lowest BCUT2D eigenvalue weighted by atomic mass is 10.0. The van der Waals surface area contributed by atoms with Gasteiger partial charge < -0.3 is 20.1 Å². The number of hydrogen-bond donors (Lipinski definition) is 3. The molecule has 1 aromatic rings. The smallest absolute Gasteiger partial charge is 0.256 e. The second-order valence-electron chi connectivity index (χ2n) is 8.39. The molecule has 0 radical (unpaired) electrons. The average molecular weight is 449 g/mol. The van der Waals surface area contributed by atoms with E-state index in [2.05, 4.69) is 10.6 Å². The Kier molecular flexibility index (Phi) is 6.41. The Morgan fingerprint density at radius 1 is 1.28 bits per heavy atom. The second kappa shape index (κ2) is 9.09. The fraction of sp³-hybridized carbons (Fsp3) is 0.435. The predicted octanol–water partition coefficient (Wildman–Crippen LogP) is 3.72. The topological polar surface area (TPSA) is 73.8 Å². The van der Waals surface area contributed by atoms with Gasteiger partial charge in [0.25, 0.3) is 5.91 Å². The number of nitrogens with zero attached hydrogens (tertiary/aromatic N) is 1. The molecule has 0 saturated carbocycles. The summed E-state index contributed by atoms with van der Waals surface area (Å²) < 4.78 is 48.8. The minimum atomic E-state index is -1.50. The number of rotatable bonds is 5. The fourth-order valence-corrected chi connectivity index (χ4v) is 4.03. The molecule has 3 N–H and O–H groups in total. The van der Waals surface area contributed by atoms with Crippen LogP contribution in [0.5, 0.6) is 0 Å². The second-order valence-corrected chi connectivity index (χ2v) is 8.39. The molecule has 32 heavy (non-hydrogen) atoms. The lowest BCUT2D eigenvalue weighted by Gasteiger charge is -2.47. The Morgan fingerprint density at radius 2 is 2.06 bits per heavy atom. The van der Waals surface area contributed by atoms with Crippen LogP contribution in [0, 0.1) is 11.6 Å². The number of allylic oxidation sites excluding steroid dienone is 5. The Bertz CT molecular complexity index is 994. The molecular formula is C23H26F3N3O3. The summed E-state index contributed by atoms with van der Waals surface area (Å²) in [6, 6.07) is 2.00. The van der Waals surface area contributed by atoms with Gasteiger partial charge in [-0.25, -0.2) is 13.2 Å². The molecule has 1 atom stereocenters. The number of nitrogens with one attached hydrogen (secondary N) is 2. The third kappa shape index (κ3) is 4.74. The van der Waals surface area contributed by atoms with Crippen LogP contribution in [0.25, 0.3) is 0 Å². The molecule has 2 saturated heterocycles. The van der Waals surface area contributed by atoms with Crippen molar-refractivity contribution in [2.45, 2.75) is 44.6 Å². The number of ether oxygens (including phenoxy) is 1. The monoisotopic (exact) mass is 449 g/mol. The van der Waals surface area contributed by atoms with Gasteiger partial charge in [0.1, 0.15) is 12.1 Å². The number of amides is 1. The van der Waals surface area contributed by atoms with Crippen molar-refractivity contribution < 1.29 is 27.8 Å². The SMILES string of the molecule is CC1=CC(F)=C(Nc2c(C(=O)N3CC(O)(O[C@@H]4CCCCN4)C3)ccc(F)c2F)CC=C1. The summed E-state index contributed by atoms with van der Waals surface area (Å²) in [5, 5.41) is 16.3. The zero-order chi connectivity index (χ0) is 22.9. The molecule has 0 bridgehead atoms. The zero-order valence-electron chi connectivity index (χ0n) is 17.8. The van der Waals surface area contributed by atoms with E-state index in [-0.39, 0.29) is 37.0 Å². The number of aliphatic hydroxyl groups is 1. The number of likely N-dealkylation sites (tertiary alicyclic amines) is 1. The highest BCUT2D eigenvalue weighted by atomic mass is 19.2. The molecule has 1 aliphatic carbocycles. The number of carbonyl (C=O) groups is 1. The molecule has 172 valence electrons. The van der Waals surface area contributed by atoms with E-state index < -0.39 is 34.8 Å². The summed E-state index contributed by atoms with van der Waals surface area (Å²) >= 11 is 0. The van der Waals surface area contributed by atoms with Gasteiger partial charge in [0.2, 0.25) is 5.79 Å². The van der Waals surface area contributed by atoms with Crippen molar-refractivity contribution in [3.05, 3.63) is 64.7 Å². The lowest BCUT2D eigenvalue weighted by molar-refractivity contribution is -0.289. The van der Waals surface area contributed by atoms with Crippen LogP contribution < -0.4 is 10.6 Å². The van der Waals surface area contributed by atoms with Crippen LogP contribution in [0.4, 0.5) is 18.9 Å². The maximum absolute atomic E-state index is 14.7. The highest BCUT2D eigenvalue weighted by Crippen LogP contribution is 2.32. The Hall–Kier alpha value is -2.62.